The molecule has 0 spiro atoms. The molecule has 0 aromatic carbocycles. The van der Waals surface area contributed by atoms with E-state index in [1.165, 1.54) is 23.6 Å². The number of carboxylic acids is 1. The van der Waals surface area contributed by atoms with Crippen LogP contribution in [-0.2, 0) is 5.54 Å². The van der Waals surface area contributed by atoms with E-state index in [1.807, 2.05) is 19.2 Å². The Labute approximate surface area is 108 Å². The number of nitrogens with zero attached hydrogens (tertiary/aromatic N) is 3. The minimum atomic E-state index is -1.08. The van der Waals surface area contributed by atoms with Crippen LogP contribution < -0.4 is 5.32 Å². The lowest BCUT2D eigenvalue weighted by Gasteiger charge is -2.23. The van der Waals surface area contributed by atoms with Gasteiger partial charge in [0.1, 0.15) is 5.01 Å². The van der Waals surface area contributed by atoms with Crippen molar-refractivity contribution in [3.8, 4) is 0 Å². The highest BCUT2D eigenvalue weighted by molar-refractivity contribution is 7.09. The molecule has 0 saturated heterocycles. The number of hydrogen-bond donors (Lipinski definition) is 2. The Morgan fingerprint density at radius 2 is 2.17 bits per heavy atom. The van der Waals surface area contributed by atoms with Gasteiger partial charge in [-0.2, -0.15) is 0 Å². The maximum absolute atomic E-state index is 10.8. The first-order valence-electron chi connectivity index (χ1n) is 5.23. The zero-order valence-corrected chi connectivity index (χ0v) is 10.7. The lowest BCUT2D eigenvalue weighted by atomic mass is 10.1. The third kappa shape index (κ3) is 2.62. The van der Waals surface area contributed by atoms with Crippen LogP contribution in [0, 0.1) is 0 Å². The molecule has 0 aliphatic heterocycles. The van der Waals surface area contributed by atoms with Crippen molar-refractivity contribution in [2.24, 2.45) is 0 Å². The summed E-state index contributed by atoms with van der Waals surface area (Å²) in [7, 11) is 0. The number of aromatic nitrogens is 3. The standard InChI is InChI=1S/C11H12N4O2S/c1-11(2,9-12-5-6-18-9)15-10-13-4-3-7(14-10)8(16)17/h3-6H,1-2H3,(H,16,17)(H,13,14,15). The van der Waals surface area contributed by atoms with Crippen LogP contribution in [0.25, 0.3) is 0 Å². The molecule has 0 unspecified atom stereocenters. The third-order valence-electron chi connectivity index (χ3n) is 2.27. The summed E-state index contributed by atoms with van der Waals surface area (Å²) < 4.78 is 0. The van der Waals surface area contributed by atoms with E-state index in [2.05, 4.69) is 20.3 Å². The number of aromatic carboxylic acids is 1. The molecule has 6 nitrogen and oxygen atoms in total. The fraction of sp³-hybridized carbons (Fsp3) is 0.273. The molecule has 0 fully saturated rings. The molecule has 0 saturated carbocycles. The van der Waals surface area contributed by atoms with Crippen LogP contribution in [0.4, 0.5) is 5.95 Å². The van der Waals surface area contributed by atoms with Gasteiger partial charge < -0.3 is 10.4 Å². The Morgan fingerprint density at radius 3 is 2.78 bits per heavy atom. The van der Waals surface area contributed by atoms with E-state index < -0.39 is 11.5 Å². The number of anilines is 1. The van der Waals surface area contributed by atoms with Gasteiger partial charge in [0.05, 0.1) is 5.54 Å². The van der Waals surface area contributed by atoms with Crippen molar-refractivity contribution in [2.45, 2.75) is 19.4 Å². The zero-order valence-electron chi connectivity index (χ0n) is 9.91. The largest absolute Gasteiger partial charge is 0.477 e. The maximum Gasteiger partial charge on any atom is 0.354 e. The Kier molecular flexibility index (Phi) is 3.24. The van der Waals surface area contributed by atoms with E-state index in [-0.39, 0.29) is 11.6 Å². The molecule has 2 rings (SSSR count). The highest BCUT2D eigenvalue weighted by atomic mass is 32.1. The summed E-state index contributed by atoms with van der Waals surface area (Å²) in [5.41, 5.74) is -0.492. The van der Waals surface area contributed by atoms with Crippen molar-refractivity contribution in [2.75, 3.05) is 5.32 Å². The van der Waals surface area contributed by atoms with Crippen LogP contribution in [-0.4, -0.2) is 26.0 Å². The quantitative estimate of drug-likeness (QED) is 0.877. The summed E-state index contributed by atoms with van der Waals surface area (Å²) in [6.45, 7) is 3.87. The van der Waals surface area contributed by atoms with E-state index in [0.29, 0.717) is 0 Å². The predicted molar refractivity (Wildman–Crippen MR) is 67.8 cm³/mol. The molecule has 0 amide bonds. The van der Waals surface area contributed by atoms with E-state index in [0.717, 1.165) is 5.01 Å². The second kappa shape index (κ2) is 4.69. The molecule has 2 aromatic rings. The first kappa shape index (κ1) is 12.4. The first-order chi connectivity index (χ1) is 8.49. The molecule has 18 heavy (non-hydrogen) atoms. The molecule has 0 bridgehead atoms. The fourth-order valence-electron chi connectivity index (χ4n) is 1.40. The molecular formula is C11H12N4O2S. The molecule has 0 atom stereocenters. The molecule has 7 heteroatoms. The molecule has 2 heterocycles. The van der Waals surface area contributed by atoms with Crippen LogP contribution >= 0.6 is 11.3 Å². The smallest absolute Gasteiger partial charge is 0.354 e. The van der Waals surface area contributed by atoms with Gasteiger partial charge in [0.2, 0.25) is 5.95 Å². The Balaban J connectivity index is 2.24. The van der Waals surface area contributed by atoms with Gasteiger partial charge in [-0.15, -0.1) is 11.3 Å². The van der Waals surface area contributed by atoms with Crippen molar-refractivity contribution in [3.05, 3.63) is 34.5 Å². The zero-order chi connectivity index (χ0) is 13.2. The fourth-order valence-corrected chi connectivity index (χ4v) is 2.12. The van der Waals surface area contributed by atoms with E-state index in [4.69, 9.17) is 5.11 Å². The van der Waals surface area contributed by atoms with Crippen LogP contribution in [0.15, 0.2) is 23.8 Å². The number of hydrogen-bond acceptors (Lipinski definition) is 6. The highest BCUT2D eigenvalue weighted by Gasteiger charge is 2.24. The average Bonchev–Trinajstić information content (AvgIpc) is 2.82. The van der Waals surface area contributed by atoms with Crippen LogP contribution in [0.2, 0.25) is 0 Å². The SMILES string of the molecule is CC(C)(Nc1nccc(C(=O)O)n1)c1nccs1. The van der Waals surface area contributed by atoms with E-state index in [1.54, 1.807) is 6.20 Å². The predicted octanol–water partition coefficient (Wildman–Crippen LogP) is 1.98. The number of thiazole rings is 1. The maximum atomic E-state index is 10.8. The van der Waals surface area contributed by atoms with Crippen molar-refractivity contribution in [1.82, 2.24) is 15.0 Å². The number of carboxylic acid groups (broad SMARTS) is 1. The monoisotopic (exact) mass is 264 g/mol. The minimum Gasteiger partial charge on any atom is -0.477 e. The first-order valence-corrected chi connectivity index (χ1v) is 6.11. The van der Waals surface area contributed by atoms with Crippen LogP contribution in [0.3, 0.4) is 0 Å². The number of carbonyl (C=O) groups is 1. The summed E-state index contributed by atoms with van der Waals surface area (Å²) >= 11 is 1.51. The van der Waals surface area contributed by atoms with Crippen molar-refractivity contribution < 1.29 is 9.90 Å². The molecule has 2 aromatic heterocycles. The van der Waals surface area contributed by atoms with E-state index in [9.17, 15) is 4.79 Å². The number of rotatable bonds is 4. The van der Waals surface area contributed by atoms with Gasteiger partial charge in [0.25, 0.3) is 0 Å². The summed E-state index contributed by atoms with van der Waals surface area (Å²) in [6.07, 6.45) is 3.13. The molecular weight excluding hydrogens is 252 g/mol. The molecule has 2 N–H and O–H groups in total. The third-order valence-corrected chi connectivity index (χ3v) is 3.36. The molecule has 0 radical (unpaired) electrons. The van der Waals surface area contributed by atoms with Gasteiger partial charge >= 0.3 is 5.97 Å². The van der Waals surface area contributed by atoms with Crippen molar-refractivity contribution >= 4 is 23.3 Å². The van der Waals surface area contributed by atoms with Crippen LogP contribution in [0.1, 0.15) is 29.3 Å². The second-order valence-corrected chi connectivity index (χ2v) is 5.05. The normalized spacial score (nSPS) is 11.2. The lowest BCUT2D eigenvalue weighted by Crippen LogP contribution is -2.29. The lowest BCUT2D eigenvalue weighted by molar-refractivity contribution is 0.0690. The van der Waals surface area contributed by atoms with E-state index >= 15 is 0 Å². The van der Waals surface area contributed by atoms with Gasteiger partial charge in [-0.1, -0.05) is 0 Å². The van der Waals surface area contributed by atoms with Gasteiger partial charge in [0.15, 0.2) is 5.69 Å². The summed E-state index contributed by atoms with van der Waals surface area (Å²) in [6, 6.07) is 1.35. The van der Waals surface area contributed by atoms with Crippen molar-refractivity contribution in [3.63, 3.8) is 0 Å². The average molecular weight is 264 g/mol. The Morgan fingerprint density at radius 1 is 1.39 bits per heavy atom. The number of nitrogens with one attached hydrogen (secondary N) is 1. The molecule has 0 aliphatic rings. The highest BCUT2D eigenvalue weighted by Crippen LogP contribution is 2.25. The summed E-state index contributed by atoms with van der Waals surface area (Å²) in [5.74, 6) is -0.803. The van der Waals surface area contributed by atoms with Crippen LogP contribution in [0.5, 0.6) is 0 Å². The topological polar surface area (TPSA) is 88.0 Å². The van der Waals surface area contributed by atoms with Gasteiger partial charge in [-0.25, -0.2) is 19.7 Å². The van der Waals surface area contributed by atoms with Gasteiger partial charge in [-0.05, 0) is 19.9 Å². The van der Waals surface area contributed by atoms with Crippen molar-refractivity contribution in [1.29, 1.82) is 0 Å². The Hall–Kier alpha value is -2.02. The van der Waals surface area contributed by atoms with Gasteiger partial charge in [0, 0.05) is 17.8 Å². The second-order valence-electron chi connectivity index (χ2n) is 4.16. The summed E-state index contributed by atoms with van der Waals surface area (Å²) in [5, 5.41) is 14.7. The Bertz CT molecular complexity index is 554. The molecule has 94 valence electrons. The molecule has 0 aliphatic carbocycles. The van der Waals surface area contributed by atoms with Gasteiger partial charge in [-0.3, -0.25) is 0 Å². The summed E-state index contributed by atoms with van der Waals surface area (Å²) in [4.78, 5) is 23.0. The minimum absolute atomic E-state index is 0.0394.